The van der Waals surface area contributed by atoms with Gasteiger partial charge in [-0.1, -0.05) is 37.1 Å². The summed E-state index contributed by atoms with van der Waals surface area (Å²) < 4.78 is 5.78. The van der Waals surface area contributed by atoms with E-state index in [0.717, 1.165) is 35.2 Å². The van der Waals surface area contributed by atoms with Crippen molar-refractivity contribution < 1.29 is 4.42 Å². The summed E-state index contributed by atoms with van der Waals surface area (Å²) in [6.07, 6.45) is 2.40. The van der Waals surface area contributed by atoms with Crippen LogP contribution in [0.15, 0.2) is 40.8 Å². The van der Waals surface area contributed by atoms with Crippen molar-refractivity contribution >= 4 is 11.6 Å². The molecule has 0 atom stereocenters. The average Bonchev–Trinajstić information content (AvgIpc) is 2.83. The number of hydrogen-bond acceptors (Lipinski definition) is 2. The van der Waals surface area contributed by atoms with Crippen LogP contribution in [0.25, 0.3) is 11.3 Å². The molecule has 1 heterocycles. The summed E-state index contributed by atoms with van der Waals surface area (Å²) in [5.41, 5.74) is 1.02. The minimum Gasteiger partial charge on any atom is -0.460 e. The van der Waals surface area contributed by atoms with Crippen molar-refractivity contribution in [2.45, 2.75) is 26.3 Å². The first kappa shape index (κ1) is 13.2. The lowest BCUT2D eigenvalue weighted by atomic mass is 10.2. The number of halogens is 1. The number of benzene rings is 1. The molecule has 2 rings (SSSR count). The molecule has 0 radical (unpaired) electrons. The van der Waals surface area contributed by atoms with Crippen LogP contribution in [-0.2, 0) is 6.54 Å². The number of furan rings is 1. The topological polar surface area (TPSA) is 25.2 Å². The van der Waals surface area contributed by atoms with Gasteiger partial charge < -0.3 is 9.73 Å². The molecule has 1 aromatic heterocycles. The van der Waals surface area contributed by atoms with E-state index in [4.69, 9.17) is 16.0 Å². The molecule has 0 aliphatic heterocycles. The van der Waals surface area contributed by atoms with Crippen molar-refractivity contribution in [3.8, 4) is 11.3 Å². The molecule has 0 amide bonds. The third-order valence-electron chi connectivity index (χ3n) is 2.78. The maximum absolute atomic E-state index is 5.97. The summed E-state index contributed by atoms with van der Waals surface area (Å²) in [5, 5.41) is 4.09. The van der Waals surface area contributed by atoms with Gasteiger partial charge in [-0.05, 0) is 37.2 Å². The number of hydrogen-bond donors (Lipinski definition) is 1. The molecule has 0 unspecified atom stereocenters. The summed E-state index contributed by atoms with van der Waals surface area (Å²) in [5.74, 6) is 1.82. The van der Waals surface area contributed by atoms with E-state index in [2.05, 4.69) is 12.2 Å². The monoisotopic (exact) mass is 263 g/mol. The standard InChI is InChI=1S/C15H18ClNO/c1-2-3-9-17-11-14-7-8-15(18-14)12-5-4-6-13(16)10-12/h4-8,10,17H,2-3,9,11H2,1H3. The van der Waals surface area contributed by atoms with Gasteiger partial charge in [-0.3, -0.25) is 0 Å². The summed E-state index contributed by atoms with van der Waals surface area (Å²) in [4.78, 5) is 0. The second kappa shape index (κ2) is 6.62. The number of rotatable bonds is 6. The van der Waals surface area contributed by atoms with Crippen LogP contribution in [0.4, 0.5) is 0 Å². The molecule has 0 spiro atoms. The van der Waals surface area contributed by atoms with Crippen LogP contribution in [-0.4, -0.2) is 6.54 Å². The maximum Gasteiger partial charge on any atom is 0.134 e. The summed E-state index contributed by atoms with van der Waals surface area (Å²) in [6, 6.07) is 11.7. The Morgan fingerprint density at radius 2 is 2.11 bits per heavy atom. The first-order valence-corrected chi connectivity index (χ1v) is 6.73. The second-order valence-electron chi connectivity index (χ2n) is 4.31. The molecular weight excluding hydrogens is 246 g/mol. The third kappa shape index (κ3) is 3.62. The molecule has 0 aliphatic rings. The highest BCUT2D eigenvalue weighted by molar-refractivity contribution is 6.30. The van der Waals surface area contributed by atoms with Gasteiger partial charge in [-0.25, -0.2) is 0 Å². The zero-order valence-corrected chi connectivity index (χ0v) is 11.3. The van der Waals surface area contributed by atoms with Crippen LogP contribution in [0.3, 0.4) is 0 Å². The fraction of sp³-hybridized carbons (Fsp3) is 0.333. The summed E-state index contributed by atoms with van der Waals surface area (Å²) in [7, 11) is 0. The minimum atomic E-state index is 0.728. The highest BCUT2D eigenvalue weighted by atomic mass is 35.5. The molecular formula is C15H18ClNO. The highest BCUT2D eigenvalue weighted by Gasteiger charge is 2.04. The Labute approximate surface area is 113 Å². The minimum absolute atomic E-state index is 0.728. The summed E-state index contributed by atoms with van der Waals surface area (Å²) >= 11 is 5.97. The number of nitrogens with one attached hydrogen (secondary N) is 1. The van der Waals surface area contributed by atoms with Crippen molar-refractivity contribution in [2.75, 3.05) is 6.54 Å². The molecule has 0 aliphatic carbocycles. The van der Waals surface area contributed by atoms with Gasteiger partial charge in [-0.2, -0.15) is 0 Å². The Morgan fingerprint density at radius 3 is 2.89 bits per heavy atom. The van der Waals surface area contributed by atoms with E-state index in [1.165, 1.54) is 12.8 Å². The van der Waals surface area contributed by atoms with Gasteiger partial charge in [0.25, 0.3) is 0 Å². The van der Waals surface area contributed by atoms with E-state index < -0.39 is 0 Å². The van der Waals surface area contributed by atoms with Crippen LogP contribution in [0.5, 0.6) is 0 Å². The van der Waals surface area contributed by atoms with Gasteiger partial charge in [-0.15, -0.1) is 0 Å². The second-order valence-corrected chi connectivity index (χ2v) is 4.74. The van der Waals surface area contributed by atoms with Crippen molar-refractivity contribution in [3.05, 3.63) is 47.2 Å². The van der Waals surface area contributed by atoms with Crippen molar-refractivity contribution in [3.63, 3.8) is 0 Å². The van der Waals surface area contributed by atoms with Crippen LogP contribution in [0.2, 0.25) is 5.02 Å². The van der Waals surface area contributed by atoms with Crippen molar-refractivity contribution in [1.29, 1.82) is 0 Å². The fourth-order valence-corrected chi connectivity index (χ4v) is 1.97. The quantitative estimate of drug-likeness (QED) is 0.777. The number of unbranched alkanes of at least 4 members (excludes halogenated alkanes) is 1. The van der Waals surface area contributed by atoms with Gasteiger partial charge in [0.05, 0.1) is 6.54 Å². The van der Waals surface area contributed by atoms with Gasteiger partial charge >= 0.3 is 0 Å². The molecule has 0 saturated heterocycles. The zero-order valence-electron chi connectivity index (χ0n) is 10.6. The zero-order chi connectivity index (χ0) is 12.8. The Bertz CT molecular complexity index is 493. The lowest BCUT2D eigenvalue weighted by molar-refractivity contribution is 0.490. The molecule has 0 bridgehead atoms. The first-order chi connectivity index (χ1) is 8.79. The molecule has 1 N–H and O–H groups in total. The SMILES string of the molecule is CCCCNCc1ccc(-c2cccc(Cl)c2)o1. The Kier molecular flexibility index (Phi) is 4.85. The van der Waals surface area contributed by atoms with Crippen LogP contribution >= 0.6 is 11.6 Å². The van der Waals surface area contributed by atoms with E-state index in [1.54, 1.807) is 0 Å². The van der Waals surface area contributed by atoms with Gasteiger partial charge in [0.15, 0.2) is 0 Å². The van der Waals surface area contributed by atoms with Gasteiger partial charge in [0.1, 0.15) is 11.5 Å². The van der Waals surface area contributed by atoms with Crippen LogP contribution in [0.1, 0.15) is 25.5 Å². The average molecular weight is 264 g/mol. The lowest BCUT2D eigenvalue weighted by Gasteiger charge is -2.01. The van der Waals surface area contributed by atoms with E-state index in [0.29, 0.717) is 0 Å². The predicted molar refractivity (Wildman–Crippen MR) is 75.8 cm³/mol. The van der Waals surface area contributed by atoms with E-state index in [1.807, 2.05) is 36.4 Å². The third-order valence-corrected chi connectivity index (χ3v) is 3.01. The van der Waals surface area contributed by atoms with Crippen molar-refractivity contribution in [2.24, 2.45) is 0 Å². The maximum atomic E-state index is 5.97. The smallest absolute Gasteiger partial charge is 0.134 e. The molecule has 0 saturated carbocycles. The molecule has 1 aromatic carbocycles. The molecule has 3 heteroatoms. The largest absolute Gasteiger partial charge is 0.460 e. The summed E-state index contributed by atoms with van der Waals surface area (Å²) in [6.45, 7) is 4.00. The molecule has 2 aromatic rings. The molecule has 96 valence electrons. The Morgan fingerprint density at radius 1 is 1.22 bits per heavy atom. The molecule has 2 nitrogen and oxygen atoms in total. The van der Waals surface area contributed by atoms with Gasteiger partial charge in [0, 0.05) is 10.6 Å². The van der Waals surface area contributed by atoms with E-state index in [-0.39, 0.29) is 0 Å². The predicted octanol–water partition coefficient (Wildman–Crippen LogP) is 4.49. The van der Waals surface area contributed by atoms with Crippen LogP contribution in [0, 0.1) is 0 Å². The van der Waals surface area contributed by atoms with Gasteiger partial charge in [0.2, 0.25) is 0 Å². The Balaban J connectivity index is 1.97. The fourth-order valence-electron chi connectivity index (χ4n) is 1.78. The van der Waals surface area contributed by atoms with Crippen molar-refractivity contribution in [1.82, 2.24) is 5.32 Å². The van der Waals surface area contributed by atoms with E-state index >= 15 is 0 Å². The Hall–Kier alpha value is -1.25. The van der Waals surface area contributed by atoms with Crippen LogP contribution < -0.4 is 5.32 Å². The normalized spacial score (nSPS) is 10.8. The molecule has 18 heavy (non-hydrogen) atoms. The highest BCUT2D eigenvalue weighted by Crippen LogP contribution is 2.24. The first-order valence-electron chi connectivity index (χ1n) is 6.35. The molecule has 0 fully saturated rings. The lowest BCUT2D eigenvalue weighted by Crippen LogP contribution is -2.13. The van der Waals surface area contributed by atoms with E-state index in [9.17, 15) is 0 Å².